The summed E-state index contributed by atoms with van der Waals surface area (Å²) in [5.74, 6) is 0. The van der Waals surface area contributed by atoms with Crippen LogP contribution in [0.15, 0.2) is 47.4 Å². The minimum Gasteiger partial charge on any atom is -0.359 e. The van der Waals surface area contributed by atoms with Crippen LogP contribution in [0, 0.1) is 0 Å². The van der Waals surface area contributed by atoms with E-state index in [0.717, 1.165) is 16.3 Å². The zero-order chi connectivity index (χ0) is 11.1. The first-order valence-corrected chi connectivity index (χ1v) is 5.34. The molecule has 1 N–H and O–H groups in total. The quantitative estimate of drug-likeness (QED) is 0.590. The van der Waals surface area contributed by atoms with E-state index in [4.69, 9.17) is 11.6 Å². The zero-order valence-electron chi connectivity index (χ0n) is 8.33. The summed E-state index contributed by atoms with van der Waals surface area (Å²) in [7, 11) is 0. The van der Waals surface area contributed by atoms with E-state index in [9.17, 15) is 4.79 Å². The van der Waals surface area contributed by atoms with Gasteiger partial charge in [0.15, 0.2) is 0 Å². The molecule has 2 aromatic carbocycles. The van der Waals surface area contributed by atoms with Crippen LogP contribution >= 0.6 is 11.6 Å². The Morgan fingerprint density at radius 2 is 1.81 bits per heavy atom. The van der Waals surface area contributed by atoms with Gasteiger partial charge in [-0.3, -0.25) is 4.79 Å². The van der Waals surface area contributed by atoms with Gasteiger partial charge in [0.25, 0.3) is 0 Å². The topological polar surface area (TPSA) is 32.9 Å². The van der Waals surface area contributed by atoms with E-state index < -0.39 is 0 Å². The van der Waals surface area contributed by atoms with E-state index in [1.807, 2.05) is 36.4 Å². The Morgan fingerprint density at radius 3 is 2.69 bits per heavy atom. The van der Waals surface area contributed by atoms with Crippen molar-refractivity contribution in [3.63, 3.8) is 0 Å². The lowest BCUT2D eigenvalue weighted by atomic mass is 10.1. The van der Waals surface area contributed by atoms with Gasteiger partial charge in [-0.15, -0.1) is 0 Å². The van der Waals surface area contributed by atoms with Crippen LogP contribution in [0.1, 0.15) is 0 Å². The first-order chi connectivity index (χ1) is 7.77. The number of rotatable bonds is 0. The third kappa shape index (κ3) is 1.24. The van der Waals surface area contributed by atoms with E-state index in [-0.39, 0.29) is 10.5 Å². The molecule has 0 aliphatic carbocycles. The number of benzene rings is 2. The molecule has 0 aliphatic rings. The van der Waals surface area contributed by atoms with Crippen molar-refractivity contribution in [3.05, 3.63) is 57.8 Å². The predicted molar refractivity (Wildman–Crippen MR) is 67.1 cm³/mol. The second-order valence-corrected chi connectivity index (χ2v) is 4.08. The second kappa shape index (κ2) is 3.35. The van der Waals surface area contributed by atoms with E-state index in [0.29, 0.717) is 5.39 Å². The molecule has 1 heterocycles. The summed E-state index contributed by atoms with van der Waals surface area (Å²) in [4.78, 5) is 14.9. The molecule has 1 aromatic heterocycles. The Hall–Kier alpha value is -1.80. The number of halogens is 1. The Morgan fingerprint density at radius 1 is 1.00 bits per heavy atom. The van der Waals surface area contributed by atoms with Gasteiger partial charge in [0.1, 0.15) is 5.02 Å². The molecule has 3 aromatic rings. The Bertz CT molecular complexity index is 746. The smallest absolute Gasteiger partial charge is 0.207 e. The Labute approximate surface area is 96.5 Å². The van der Waals surface area contributed by atoms with Crippen LogP contribution in [0.3, 0.4) is 0 Å². The van der Waals surface area contributed by atoms with Gasteiger partial charge in [0, 0.05) is 17.0 Å². The lowest BCUT2D eigenvalue weighted by molar-refractivity contribution is 1.40. The van der Waals surface area contributed by atoms with Crippen molar-refractivity contribution in [3.8, 4) is 0 Å². The molecule has 0 unspecified atom stereocenters. The van der Waals surface area contributed by atoms with Crippen LogP contribution in [-0.4, -0.2) is 4.98 Å². The largest absolute Gasteiger partial charge is 0.359 e. The molecular formula is C13H8ClNO. The Kier molecular flexibility index (Phi) is 1.98. The van der Waals surface area contributed by atoms with Gasteiger partial charge in [-0.05, 0) is 11.5 Å². The van der Waals surface area contributed by atoms with Gasteiger partial charge in [0.2, 0.25) is 5.43 Å². The van der Waals surface area contributed by atoms with Gasteiger partial charge in [-0.25, -0.2) is 0 Å². The molecule has 2 nitrogen and oxygen atoms in total. The van der Waals surface area contributed by atoms with Crippen molar-refractivity contribution in [2.75, 3.05) is 0 Å². The third-order valence-corrected chi connectivity index (χ3v) is 3.01. The van der Waals surface area contributed by atoms with Crippen LogP contribution < -0.4 is 5.43 Å². The second-order valence-electron chi connectivity index (χ2n) is 3.67. The van der Waals surface area contributed by atoms with Gasteiger partial charge < -0.3 is 4.98 Å². The summed E-state index contributed by atoms with van der Waals surface area (Å²) in [6.07, 6.45) is 1.54. The lowest BCUT2D eigenvalue weighted by Gasteiger charge is -2.03. The number of fused-ring (bicyclic) bond motifs is 3. The van der Waals surface area contributed by atoms with Crippen LogP contribution in [0.5, 0.6) is 0 Å². The molecule has 0 fully saturated rings. The summed E-state index contributed by atoms with van der Waals surface area (Å²) in [5.41, 5.74) is 0.716. The highest BCUT2D eigenvalue weighted by molar-refractivity contribution is 6.31. The summed E-state index contributed by atoms with van der Waals surface area (Å²) >= 11 is 5.80. The molecule has 0 saturated heterocycles. The molecule has 0 aliphatic heterocycles. The van der Waals surface area contributed by atoms with E-state index in [2.05, 4.69) is 4.98 Å². The summed E-state index contributed by atoms with van der Waals surface area (Å²) in [6, 6.07) is 11.7. The summed E-state index contributed by atoms with van der Waals surface area (Å²) in [6.45, 7) is 0. The molecule has 0 atom stereocenters. The minimum absolute atomic E-state index is 0.124. The van der Waals surface area contributed by atoms with Crippen LogP contribution in [0.2, 0.25) is 5.02 Å². The number of aromatic nitrogens is 1. The van der Waals surface area contributed by atoms with Crippen molar-refractivity contribution >= 4 is 33.3 Å². The van der Waals surface area contributed by atoms with Crippen molar-refractivity contribution in [1.29, 1.82) is 0 Å². The molecule has 0 spiro atoms. The highest BCUT2D eigenvalue weighted by atomic mass is 35.5. The maximum absolute atomic E-state index is 11.8. The molecule has 0 amide bonds. The number of aromatic amines is 1. The fraction of sp³-hybridized carbons (Fsp3) is 0. The average Bonchev–Trinajstić information content (AvgIpc) is 2.33. The zero-order valence-corrected chi connectivity index (χ0v) is 9.08. The normalized spacial score (nSPS) is 11.1. The molecule has 3 rings (SSSR count). The first-order valence-electron chi connectivity index (χ1n) is 4.96. The molecular weight excluding hydrogens is 222 g/mol. The third-order valence-electron chi connectivity index (χ3n) is 2.73. The fourth-order valence-corrected chi connectivity index (χ4v) is 2.10. The maximum Gasteiger partial charge on any atom is 0.207 e. The molecule has 0 bridgehead atoms. The number of hydrogen-bond donors (Lipinski definition) is 1. The van der Waals surface area contributed by atoms with Gasteiger partial charge in [-0.1, -0.05) is 41.9 Å². The minimum atomic E-state index is -0.124. The van der Waals surface area contributed by atoms with Crippen molar-refractivity contribution in [1.82, 2.24) is 4.98 Å². The van der Waals surface area contributed by atoms with Crippen LogP contribution in [0.4, 0.5) is 0 Å². The highest BCUT2D eigenvalue weighted by Gasteiger charge is 2.05. The first kappa shape index (κ1) is 9.43. The van der Waals surface area contributed by atoms with Gasteiger partial charge in [-0.2, -0.15) is 0 Å². The fourth-order valence-electron chi connectivity index (χ4n) is 1.95. The van der Waals surface area contributed by atoms with Crippen molar-refractivity contribution in [2.45, 2.75) is 0 Å². The highest BCUT2D eigenvalue weighted by Crippen LogP contribution is 2.22. The molecule has 16 heavy (non-hydrogen) atoms. The number of pyridine rings is 1. The standard InChI is InChI=1S/C13H8ClNO/c14-11-7-15-12-9-4-2-1-3-8(9)5-6-10(12)13(11)16/h1-7H,(H,15,16). The van der Waals surface area contributed by atoms with Crippen LogP contribution in [0.25, 0.3) is 21.7 Å². The molecule has 78 valence electrons. The summed E-state index contributed by atoms with van der Waals surface area (Å²) < 4.78 is 0. The van der Waals surface area contributed by atoms with Crippen molar-refractivity contribution in [2.24, 2.45) is 0 Å². The van der Waals surface area contributed by atoms with Gasteiger partial charge in [0.05, 0.1) is 5.52 Å². The monoisotopic (exact) mass is 229 g/mol. The number of H-pyrrole nitrogens is 1. The Balaban J connectivity index is 2.63. The van der Waals surface area contributed by atoms with Crippen molar-refractivity contribution < 1.29 is 0 Å². The SMILES string of the molecule is O=c1c(Cl)c[nH]c2c1ccc1ccccc12. The molecule has 0 saturated carbocycles. The van der Waals surface area contributed by atoms with Gasteiger partial charge >= 0.3 is 0 Å². The van der Waals surface area contributed by atoms with E-state index >= 15 is 0 Å². The summed E-state index contributed by atoms with van der Waals surface area (Å²) in [5, 5.41) is 3.00. The lowest BCUT2D eigenvalue weighted by Crippen LogP contribution is -2.02. The maximum atomic E-state index is 11.8. The number of nitrogens with one attached hydrogen (secondary N) is 1. The number of hydrogen-bond acceptors (Lipinski definition) is 1. The van der Waals surface area contributed by atoms with E-state index in [1.165, 1.54) is 0 Å². The van der Waals surface area contributed by atoms with Crippen LogP contribution in [-0.2, 0) is 0 Å². The molecule has 3 heteroatoms. The predicted octanol–water partition coefficient (Wildman–Crippen LogP) is 3.33. The van der Waals surface area contributed by atoms with E-state index in [1.54, 1.807) is 6.20 Å². The average molecular weight is 230 g/mol. The molecule has 0 radical (unpaired) electrons.